The number of rotatable bonds is 8. The Balaban J connectivity index is 1.80. The van der Waals surface area contributed by atoms with Crippen LogP contribution in [0.25, 0.3) is 0 Å². The van der Waals surface area contributed by atoms with Crippen LogP contribution < -0.4 is 10.1 Å². The number of carbonyl (C=O) groups excluding carboxylic acids is 1. The second-order valence-corrected chi connectivity index (χ2v) is 5.40. The Morgan fingerprint density at radius 2 is 2.27 bits per heavy atom. The quantitative estimate of drug-likeness (QED) is 0.588. The highest BCUT2D eigenvalue weighted by Gasteiger charge is 2.10. The van der Waals surface area contributed by atoms with Gasteiger partial charge in [0.2, 0.25) is 5.91 Å². The summed E-state index contributed by atoms with van der Waals surface area (Å²) in [7, 11) is 0. The lowest BCUT2D eigenvalue weighted by atomic mass is 10.3. The largest absolute Gasteiger partial charge is 0.482 e. The van der Waals surface area contributed by atoms with Gasteiger partial charge in [-0.25, -0.2) is 0 Å². The molecule has 2 aromatic rings. The standard InChI is InChI=1S/C14H14ClN3O3S/c1-2-7-16-12(19)9-22-14-18-17-13(21-14)8-20-11-6-4-3-5-10(11)15/h2-6H,1,7-9H2,(H,16,19). The van der Waals surface area contributed by atoms with Crippen molar-refractivity contribution < 1.29 is 13.9 Å². The van der Waals surface area contributed by atoms with Gasteiger partial charge in [-0.1, -0.05) is 41.6 Å². The van der Waals surface area contributed by atoms with Crippen LogP contribution in [0.4, 0.5) is 0 Å². The van der Waals surface area contributed by atoms with E-state index < -0.39 is 0 Å². The van der Waals surface area contributed by atoms with Crippen molar-refractivity contribution in [2.24, 2.45) is 0 Å². The topological polar surface area (TPSA) is 77.2 Å². The maximum atomic E-state index is 11.4. The Bertz CT molecular complexity index is 648. The van der Waals surface area contributed by atoms with E-state index in [9.17, 15) is 4.79 Å². The molecule has 1 aromatic heterocycles. The summed E-state index contributed by atoms with van der Waals surface area (Å²) in [4.78, 5) is 11.4. The Labute approximate surface area is 136 Å². The van der Waals surface area contributed by atoms with Crippen LogP contribution in [0.5, 0.6) is 5.75 Å². The number of thioether (sulfide) groups is 1. The lowest BCUT2D eigenvalue weighted by Gasteiger charge is -2.04. The van der Waals surface area contributed by atoms with E-state index in [1.54, 1.807) is 18.2 Å². The molecule has 0 bridgehead atoms. The number of amides is 1. The molecule has 0 radical (unpaired) electrons. The third-order valence-electron chi connectivity index (χ3n) is 2.41. The zero-order valence-electron chi connectivity index (χ0n) is 11.6. The number of nitrogens with one attached hydrogen (secondary N) is 1. The molecule has 0 aliphatic heterocycles. The number of halogens is 1. The Hall–Kier alpha value is -1.99. The molecule has 0 aliphatic carbocycles. The monoisotopic (exact) mass is 339 g/mol. The van der Waals surface area contributed by atoms with Gasteiger partial charge in [-0.15, -0.1) is 16.8 Å². The highest BCUT2D eigenvalue weighted by molar-refractivity contribution is 7.99. The van der Waals surface area contributed by atoms with Crippen molar-refractivity contribution in [1.82, 2.24) is 15.5 Å². The minimum atomic E-state index is -0.128. The molecular weight excluding hydrogens is 326 g/mol. The first-order valence-corrected chi connectivity index (χ1v) is 7.75. The molecule has 0 aliphatic rings. The summed E-state index contributed by atoms with van der Waals surface area (Å²) in [5, 5.41) is 11.2. The maximum Gasteiger partial charge on any atom is 0.277 e. The highest BCUT2D eigenvalue weighted by atomic mass is 35.5. The molecular formula is C14H14ClN3O3S. The molecule has 1 heterocycles. The molecule has 0 fully saturated rings. The number of para-hydroxylation sites is 1. The average molecular weight is 340 g/mol. The third kappa shape index (κ3) is 5.09. The molecule has 2 rings (SSSR count). The van der Waals surface area contributed by atoms with E-state index in [2.05, 4.69) is 22.1 Å². The molecule has 0 saturated carbocycles. The van der Waals surface area contributed by atoms with Crippen LogP contribution in [0.1, 0.15) is 5.89 Å². The minimum Gasteiger partial charge on any atom is -0.482 e. The zero-order chi connectivity index (χ0) is 15.8. The van der Waals surface area contributed by atoms with Gasteiger partial charge in [-0.2, -0.15) is 0 Å². The fourth-order valence-corrected chi connectivity index (χ4v) is 2.22. The Kier molecular flexibility index (Phi) is 6.29. The molecule has 1 aromatic carbocycles. The van der Waals surface area contributed by atoms with Gasteiger partial charge in [-0.05, 0) is 12.1 Å². The van der Waals surface area contributed by atoms with Crippen molar-refractivity contribution in [1.29, 1.82) is 0 Å². The molecule has 0 unspecified atom stereocenters. The van der Waals surface area contributed by atoms with Gasteiger partial charge >= 0.3 is 0 Å². The molecule has 116 valence electrons. The highest BCUT2D eigenvalue weighted by Crippen LogP contribution is 2.24. The summed E-state index contributed by atoms with van der Waals surface area (Å²) in [6, 6.07) is 7.11. The lowest BCUT2D eigenvalue weighted by Crippen LogP contribution is -2.24. The van der Waals surface area contributed by atoms with Crippen LogP contribution in [0.3, 0.4) is 0 Å². The Morgan fingerprint density at radius 3 is 3.05 bits per heavy atom. The molecule has 0 spiro atoms. The third-order valence-corrected chi connectivity index (χ3v) is 3.54. The van der Waals surface area contributed by atoms with Crippen molar-refractivity contribution in [2.75, 3.05) is 12.3 Å². The van der Waals surface area contributed by atoms with Gasteiger partial charge in [0.15, 0.2) is 6.61 Å². The van der Waals surface area contributed by atoms with Crippen molar-refractivity contribution in [3.8, 4) is 5.75 Å². The van der Waals surface area contributed by atoms with Crippen molar-refractivity contribution in [2.45, 2.75) is 11.8 Å². The second kappa shape index (κ2) is 8.45. The molecule has 22 heavy (non-hydrogen) atoms. The first-order chi connectivity index (χ1) is 10.7. The van der Waals surface area contributed by atoms with E-state index in [1.807, 2.05) is 12.1 Å². The molecule has 8 heteroatoms. The summed E-state index contributed by atoms with van der Waals surface area (Å²) in [5.74, 6) is 0.923. The summed E-state index contributed by atoms with van der Waals surface area (Å²) < 4.78 is 10.9. The zero-order valence-corrected chi connectivity index (χ0v) is 13.2. The predicted molar refractivity (Wildman–Crippen MR) is 84.0 cm³/mol. The molecule has 0 atom stereocenters. The average Bonchev–Trinajstić information content (AvgIpc) is 2.98. The van der Waals surface area contributed by atoms with Crippen molar-refractivity contribution in [3.63, 3.8) is 0 Å². The van der Waals surface area contributed by atoms with Gasteiger partial charge in [0.05, 0.1) is 10.8 Å². The van der Waals surface area contributed by atoms with Gasteiger partial charge in [0.1, 0.15) is 5.75 Å². The summed E-state index contributed by atoms with van der Waals surface area (Å²) in [5.41, 5.74) is 0. The van der Waals surface area contributed by atoms with E-state index in [4.69, 9.17) is 20.8 Å². The van der Waals surface area contributed by atoms with Crippen LogP contribution in [0.15, 0.2) is 46.6 Å². The van der Waals surface area contributed by atoms with Crippen LogP contribution in [0.2, 0.25) is 5.02 Å². The van der Waals surface area contributed by atoms with Crippen LogP contribution in [0, 0.1) is 0 Å². The van der Waals surface area contributed by atoms with Gasteiger partial charge in [0.25, 0.3) is 11.1 Å². The summed E-state index contributed by atoms with van der Waals surface area (Å²) in [6.45, 7) is 4.06. The lowest BCUT2D eigenvalue weighted by molar-refractivity contribution is -0.118. The fraction of sp³-hybridized carbons (Fsp3) is 0.214. The van der Waals surface area contributed by atoms with E-state index in [1.165, 1.54) is 0 Å². The number of hydrogen-bond donors (Lipinski definition) is 1. The first kappa shape index (κ1) is 16.4. The van der Waals surface area contributed by atoms with E-state index in [0.717, 1.165) is 11.8 Å². The number of carbonyl (C=O) groups is 1. The summed E-state index contributed by atoms with van der Waals surface area (Å²) in [6.07, 6.45) is 1.61. The first-order valence-electron chi connectivity index (χ1n) is 6.39. The Morgan fingerprint density at radius 1 is 1.45 bits per heavy atom. The van der Waals surface area contributed by atoms with E-state index in [-0.39, 0.29) is 18.3 Å². The number of benzene rings is 1. The molecule has 1 amide bonds. The van der Waals surface area contributed by atoms with Crippen LogP contribution >= 0.6 is 23.4 Å². The minimum absolute atomic E-state index is 0.111. The number of ether oxygens (including phenoxy) is 1. The van der Waals surface area contributed by atoms with E-state index >= 15 is 0 Å². The normalized spacial score (nSPS) is 10.2. The SMILES string of the molecule is C=CCNC(=O)CSc1nnc(COc2ccccc2Cl)o1. The van der Waals surface area contributed by atoms with Crippen LogP contribution in [-0.2, 0) is 11.4 Å². The number of aromatic nitrogens is 2. The summed E-state index contributed by atoms with van der Waals surface area (Å²) >= 11 is 7.13. The van der Waals surface area contributed by atoms with Gasteiger partial charge in [-0.3, -0.25) is 4.79 Å². The second-order valence-electron chi connectivity index (χ2n) is 4.06. The molecule has 6 nitrogen and oxygen atoms in total. The maximum absolute atomic E-state index is 11.4. The van der Waals surface area contributed by atoms with Gasteiger partial charge < -0.3 is 14.5 Å². The van der Waals surface area contributed by atoms with Crippen LogP contribution in [-0.4, -0.2) is 28.4 Å². The number of nitrogens with zero attached hydrogens (tertiary/aromatic N) is 2. The van der Waals surface area contributed by atoms with Crippen molar-refractivity contribution in [3.05, 3.63) is 47.8 Å². The fourth-order valence-electron chi connectivity index (χ4n) is 1.42. The van der Waals surface area contributed by atoms with Gasteiger partial charge in [0, 0.05) is 6.54 Å². The molecule has 1 N–H and O–H groups in total. The number of hydrogen-bond acceptors (Lipinski definition) is 6. The smallest absolute Gasteiger partial charge is 0.277 e. The van der Waals surface area contributed by atoms with Crippen molar-refractivity contribution >= 4 is 29.3 Å². The predicted octanol–water partition coefficient (Wildman–Crippen LogP) is 2.70. The molecule has 0 saturated heterocycles. The van der Waals surface area contributed by atoms with E-state index in [0.29, 0.717) is 28.4 Å².